The van der Waals surface area contributed by atoms with Gasteiger partial charge in [-0.1, -0.05) is 0 Å². The van der Waals surface area contributed by atoms with E-state index >= 15 is 0 Å². The number of urea groups is 1. The first-order chi connectivity index (χ1) is 5.29. The molecule has 0 aromatic heterocycles. The number of hydrogen-bond acceptors (Lipinski definition) is 5. The highest BCUT2D eigenvalue weighted by atomic mass is 16.5. The highest BCUT2D eigenvalue weighted by molar-refractivity contribution is 5.69. The zero-order chi connectivity index (χ0) is 10.3. The largest absolute Gasteiger partial charge is 0.481 e. The summed E-state index contributed by atoms with van der Waals surface area (Å²) >= 11 is 0. The molecule has 0 spiro atoms. The third-order valence-corrected chi connectivity index (χ3v) is 0.740. The fraction of sp³-hybridized carbons (Fsp3) is 0.400. The average Bonchev–Trinajstić information content (AvgIpc) is 1.84. The van der Waals surface area contributed by atoms with Crippen molar-refractivity contribution in [2.75, 3.05) is 0 Å². The number of nitrogens with two attached hydrogens (primary N) is 2. The third-order valence-electron chi connectivity index (χ3n) is 0.740. The Morgan fingerprint density at radius 2 is 1.50 bits per heavy atom. The van der Waals surface area contributed by atoms with E-state index in [0.29, 0.717) is 0 Å². The quantitative estimate of drug-likeness (QED) is 0.218. The zero-order valence-electron chi connectivity index (χ0n) is 6.43. The van der Waals surface area contributed by atoms with E-state index in [2.05, 4.69) is 11.5 Å². The van der Waals surface area contributed by atoms with Crippen LogP contribution in [-0.2, 0) is 0 Å². The molecule has 0 fully saturated rings. The number of carbonyl (C=O) groups excluding carboxylic acids is 1. The second-order valence-electron chi connectivity index (χ2n) is 1.78. The molecule has 72 valence electrons. The van der Waals surface area contributed by atoms with E-state index < -0.39 is 18.3 Å². The summed E-state index contributed by atoms with van der Waals surface area (Å²) in [6.45, 7) is 1.19. The number of rotatable bonds is 1. The summed E-state index contributed by atoms with van der Waals surface area (Å²) in [7, 11) is 0. The molecule has 0 aliphatic heterocycles. The minimum Gasteiger partial charge on any atom is -0.481 e. The molecule has 0 bridgehead atoms. The summed E-state index contributed by atoms with van der Waals surface area (Å²) in [5.41, 5.74) is 8.24. The van der Waals surface area contributed by atoms with E-state index in [0.717, 1.165) is 0 Å². The van der Waals surface area contributed by atoms with E-state index in [1.54, 1.807) is 0 Å². The lowest BCUT2D eigenvalue weighted by atomic mass is 10.3. The van der Waals surface area contributed by atoms with Gasteiger partial charge in [-0.3, -0.25) is 0 Å². The number of primary amides is 2. The molecular formula is C5H12N2O5. The Labute approximate surface area is 68.5 Å². The maximum Gasteiger partial charge on any atom is 0.309 e. The topological polar surface area (TPSA) is 150 Å². The second-order valence-corrected chi connectivity index (χ2v) is 1.78. The molecule has 0 radical (unpaired) electrons. The first-order valence-corrected chi connectivity index (χ1v) is 2.78. The number of hydrogen-bond donors (Lipinski definition) is 6. The Morgan fingerprint density at radius 1 is 1.25 bits per heavy atom. The summed E-state index contributed by atoms with van der Waals surface area (Å²) in [6, 6.07) is -0.833. The lowest BCUT2D eigenvalue weighted by Gasteiger charge is -2.00. The SMILES string of the molecule is CC(=C(O)O)C(O)O.NC(N)=O. The van der Waals surface area contributed by atoms with Gasteiger partial charge in [0.25, 0.3) is 5.95 Å². The fourth-order valence-electron chi connectivity index (χ4n) is 0.115. The van der Waals surface area contributed by atoms with Gasteiger partial charge in [0.2, 0.25) is 0 Å². The van der Waals surface area contributed by atoms with Crippen LogP contribution in [0.25, 0.3) is 0 Å². The fourth-order valence-corrected chi connectivity index (χ4v) is 0.115. The lowest BCUT2D eigenvalue weighted by molar-refractivity contribution is -0.0160. The molecule has 8 N–H and O–H groups in total. The van der Waals surface area contributed by atoms with Crippen molar-refractivity contribution in [2.45, 2.75) is 13.2 Å². The van der Waals surface area contributed by atoms with Crippen molar-refractivity contribution in [3.05, 3.63) is 11.5 Å². The van der Waals surface area contributed by atoms with Crippen LogP contribution in [0.4, 0.5) is 4.79 Å². The molecule has 2 amide bonds. The minimum absolute atomic E-state index is 0.259. The molecular weight excluding hydrogens is 168 g/mol. The van der Waals surface area contributed by atoms with Gasteiger partial charge in [-0.25, -0.2) is 4.79 Å². The molecule has 0 atom stereocenters. The van der Waals surface area contributed by atoms with Gasteiger partial charge in [0, 0.05) is 0 Å². The highest BCUT2D eigenvalue weighted by Gasteiger charge is 2.04. The van der Waals surface area contributed by atoms with Crippen molar-refractivity contribution in [1.82, 2.24) is 0 Å². The van der Waals surface area contributed by atoms with Crippen LogP contribution in [0.5, 0.6) is 0 Å². The molecule has 12 heavy (non-hydrogen) atoms. The smallest absolute Gasteiger partial charge is 0.309 e. The average molecular weight is 180 g/mol. The highest BCUT2D eigenvalue weighted by Crippen LogP contribution is 1.99. The van der Waals surface area contributed by atoms with E-state index in [4.69, 9.17) is 25.2 Å². The van der Waals surface area contributed by atoms with Crippen LogP contribution in [-0.4, -0.2) is 32.7 Å². The molecule has 0 aromatic carbocycles. The number of aliphatic hydroxyl groups is 4. The zero-order valence-corrected chi connectivity index (χ0v) is 6.43. The Hall–Kier alpha value is -1.47. The Morgan fingerprint density at radius 3 is 1.50 bits per heavy atom. The summed E-state index contributed by atoms with van der Waals surface area (Å²) in [5.74, 6) is -1.04. The molecule has 0 aliphatic rings. The maximum absolute atomic E-state index is 9.00. The predicted octanol–water partition coefficient (Wildman–Crippen LogP) is -1.33. The van der Waals surface area contributed by atoms with Crippen LogP contribution in [0.1, 0.15) is 6.92 Å². The van der Waals surface area contributed by atoms with Crippen molar-refractivity contribution < 1.29 is 25.2 Å². The van der Waals surface area contributed by atoms with Crippen LogP contribution in [0.3, 0.4) is 0 Å². The van der Waals surface area contributed by atoms with Crippen molar-refractivity contribution in [1.29, 1.82) is 0 Å². The lowest BCUT2D eigenvalue weighted by Crippen LogP contribution is -2.18. The molecule has 0 aromatic rings. The number of carbonyl (C=O) groups is 1. The summed E-state index contributed by atoms with van der Waals surface area (Å²) in [6.07, 6.45) is -1.78. The van der Waals surface area contributed by atoms with Crippen molar-refractivity contribution in [2.24, 2.45) is 11.5 Å². The van der Waals surface area contributed by atoms with E-state index in [-0.39, 0.29) is 5.57 Å². The van der Waals surface area contributed by atoms with Crippen molar-refractivity contribution >= 4 is 6.03 Å². The standard InChI is InChI=1S/C4H8O4.CH4N2O/c1-2(3(5)6)4(7)8;2-1(3)4/h3,5-8H,1H3;(H4,2,3,4). The van der Waals surface area contributed by atoms with Gasteiger partial charge >= 0.3 is 6.03 Å². The van der Waals surface area contributed by atoms with Gasteiger partial charge in [-0.05, 0) is 6.92 Å². The van der Waals surface area contributed by atoms with Gasteiger partial charge in [-0.2, -0.15) is 0 Å². The van der Waals surface area contributed by atoms with Crippen LogP contribution in [0, 0.1) is 0 Å². The van der Waals surface area contributed by atoms with E-state index in [9.17, 15) is 0 Å². The Kier molecular flexibility index (Phi) is 6.85. The summed E-state index contributed by atoms with van der Waals surface area (Å²) in [5, 5.41) is 32.6. The van der Waals surface area contributed by atoms with Gasteiger partial charge < -0.3 is 31.9 Å². The van der Waals surface area contributed by atoms with E-state index in [1.807, 2.05) is 0 Å². The molecule has 0 heterocycles. The van der Waals surface area contributed by atoms with Crippen molar-refractivity contribution in [3.63, 3.8) is 0 Å². The second kappa shape index (κ2) is 6.25. The van der Waals surface area contributed by atoms with Crippen molar-refractivity contribution in [3.8, 4) is 0 Å². The monoisotopic (exact) mass is 180 g/mol. The maximum atomic E-state index is 9.00. The molecule has 0 unspecified atom stereocenters. The molecule has 0 aliphatic carbocycles. The van der Waals surface area contributed by atoms with Gasteiger partial charge in [-0.15, -0.1) is 0 Å². The number of aliphatic hydroxyl groups excluding tert-OH is 2. The van der Waals surface area contributed by atoms with Crippen LogP contribution < -0.4 is 11.5 Å². The summed E-state index contributed by atoms with van der Waals surface area (Å²) in [4.78, 5) is 9.00. The predicted molar refractivity (Wildman–Crippen MR) is 40.0 cm³/mol. The number of amides is 2. The first kappa shape index (κ1) is 13.1. The van der Waals surface area contributed by atoms with Crippen LogP contribution >= 0.6 is 0 Å². The van der Waals surface area contributed by atoms with Gasteiger partial charge in [0.15, 0.2) is 6.29 Å². The first-order valence-electron chi connectivity index (χ1n) is 2.78. The molecule has 0 saturated carbocycles. The molecule has 0 rings (SSSR count). The third kappa shape index (κ3) is 11.3. The van der Waals surface area contributed by atoms with Gasteiger partial charge in [0.1, 0.15) is 0 Å². The van der Waals surface area contributed by atoms with Crippen LogP contribution in [0.2, 0.25) is 0 Å². The summed E-state index contributed by atoms with van der Waals surface area (Å²) < 4.78 is 0. The van der Waals surface area contributed by atoms with E-state index in [1.165, 1.54) is 6.92 Å². The Balaban J connectivity index is 0. The molecule has 0 saturated heterocycles. The molecule has 7 nitrogen and oxygen atoms in total. The van der Waals surface area contributed by atoms with Gasteiger partial charge in [0.05, 0.1) is 5.57 Å². The van der Waals surface area contributed by atoms with Crippen LogP contribution in [0.15, 0.2) is 11.5 Å². The molecule has 7 heteroatoms. The minimum atomic E-state index is -1.78. The Bertz CT molecular complexity index is 169. The normalized spacial score (nSPS) is 8.33.